The van der Waals surface area contributed by atoms with Crippen LogP contribution >= 0.6 is 11.6 Å². The lowest BCUT2D eigenvalue weighted by atomic mass is 9.94. The van der Waals surface area contributed by atoms with Crippen LogP contribution in [0.1, 0.15) is 59.8 Å². The third-order valence-corrected chi connectivity index (χ3v) is 10.3. The van der Waals surface area contributed by atoms with Gasteiger partial charge in [0.05, 0.1) is 11.8 Å². The van der Waals surface area contributed by atoms with E-state index in [0.717, 1.165) is 0 Å². The number of nitrogens with zero attached hydrogens (tertiary/aromatic N) is 2. The molecule has 1 aliphatic heterocycles. The largest absolute Gasteiger partial charge is 0.445 e. The van der Waals surface area contributed by atoms with Crippen molar-refractivity contribution in [2.24, 2.45) is 23.5 Å². The molecular weight excluding hydrogens is 630 g/mol. The number of oxazole rings is 1. The molecule has 1 unspecified atom stereocenters. The van der Waals surface area contributed by atoms with E-state index < -0.39 is 68.8 Å². The fraction of sp³-hybridized carbons (Fsp3) is 0.621. The summed E-state index contributed by atoms with van der Waals surface area (Å²) in [4.78, 5) is 57.5. The predicted octanol–water partition coefficient (Wildman–Crippen LogP) is 2.48. The topological polar surface area (TPSA) is 200 Å². The number of halogens is 1. The molecule has 0 bridgehead atoms. The van der Waals surface area contributed by atoms with Gasteiger partial charge in [0.2, 0.25) is 27.7 Å². The van der Waals surface area contributed by atoms with Gasteiger partial charge in [-0.05, 0) is 76.5 Å². The van der Waals surface area contributed by atoms with Crippen LogP contribution in [0, 0.1) is 17.8 Å². The number of nitrogens with two attached hydrogens (primary N) is 1. The van der Waals surface area contributed by atoms with Crippen LogP contribution in [0.25, 0.3) is 11.1 Å². The molecule has 1 aromatic heterocycles. The van der Waals surface area contributed by atoms with E-state index in [1.54, 1.807) is 39.0 Å². The number of ether oxygens (including phenoxy) is 2. The second-order valence-electron chi connectivity index (χ2n) is 13.1. The van der Waals surface area contributed by atoms with E-state index in [1.165, 1.54) is 4.90 Å². The van der Waals surface area contributed by atoms with E-state index in [-0.39, 0.29) is 37.3 Å². The zero-order chi connectivity index (χ0) is 32.8. The van der Waals surface area contributed by atoms with Crippen molar-refractivity contribution in [3.8, 4) is 6.08 Å². The number of hydrogen-bond acceptors (Lipinski definition) is 10. The van der Waals surface area contributed by atoms with Gasteiger partial charge in [-0.15, -0.1) is 0 Å². The van der Waals surface area contributed by atoms with Crippen LogP contribution in [0.4, 0.5) is 4.79 Å². The Labute approximate surface area is 265 Å². The molecule has 246 valence electrons. The van der Waals surface area contributed by atoms with Crippen LogP contribution in [-0.4, -0.2) is 77.7 Å². The minimum Gasteiger partial charge on any atom is -0.445 e. The lowest BCUT2D eigenvalue weighted by Crippen LogP contribution is -2.54. The summed E-state index contributed by atoms with van der Waals surface area (Å²) in [6, 6.07) is 2.72. The number of hydrogen-bond donors (Lipinski definition) is 3. The Morgan fingerprint density at radius 2 is 1.91 bits per heavy atom. The van der Waals surface area contributed by atoms with Gasteiger partial charge in [0.25, 0.3) is 0 Å². The molecule has 45 heavy (non-hydrogen) atoms. The first-order valence-electron chi connectivity index (χ1n) is 14.9. The van der Waals surface area contributed by atoms with Gasteiger partial charge in [-0.1, -0.05) is 18.5 Å². The molecular formula is C29H38ClN5O9S. The number of nitrogens with one attached hydrogen (secondary N) is 2. The number of amides is 4. The maximum Gasteiger partial charge on any atom is 0.408 e. The summed E-state index contributed by atoms with van der Waals surface area (Å²) in [5.41, 5.74) is 5.76. The van der Waals surface area contributed by atoms with Gasteiger partial charge in [0, 0.05) is 17.4 Å². The molecule has 1 saturated heterocycles. The Kier molecular flexibility index (Phi) is 8.97. The van der Waals surface area contributed by atoms with Crippen molar-refractivity contribution in [1.82, 2.24) is 19.9 Å². The standard InChI is InChI=1S/C29H38ClN5O9S/c1-14(18-12-19(18)25(37)34-45(40,41)17-6-7-17)9-21(32-27(39)44-29(2,3)4)26(38)35-13-16(11-22(35)24(31)36)42-28-33-20-10-15(30)5-8-23(20)43-28/h5,8,10,14,16-19,21-22H,6-7,9,11-13H2,1-4H3,(H2,31,36)(H,32,39)(H,34,37)/t14?,16-,18+,19+,21+,22+/m1/s1. The number of likely N-dealkylation sites (tertiary alicyclic amines) is 1. The highest BCUT2D eigenvalue weighted by molar-refractivity contribution is 7.90. The summed E-state index contributed by atoms with van der Waals surface area (Å²) >= 11 is 6.03. The number of rotatable bonds is 11. The fourth-order valence-electron chi connectivity index (χ4n) is 5.71. The normalized spacial score (nSPS) is 24.5. The molecule has 2 saturated carbocycles. The molecule has 1 aromatic carbocycles. The van der Waals surface area contributed by atoms with E-state index in [2.05, 4.69) is 15.0 Å². The lowest BCUT2D eigenvalue weighted by molar-refractivity contribution is -0.139. The van der Waals surface area contributed by atoms with Gasteiger partial charge in [0.15, 0.2) is 5.58 Å². The van der Waals surface area contributed by atoms with Crippen molar-refractivity contribution in [3.05, 3.63) is 23.2 Å². The molecule has 3 aliphatic rings. The molecule has 0 spiro atoms. The van der Waals surface area contributed by atoms with Crippen LogP contribution in [0.3, 0.4) is 0 Å². The van der Waals surface area contributed by atoms with Crippen molar-refractivity contribution in [2.45, 2.75) is 88.8 Å². The second-order valence-corrected chi connectivity index (χ2v) is 15.5. The van der Waals surface area contributed by atoms with Crippen molar-refractivity contribution in [1.29, 1.82) is 0 Å². The third kappa shape index (κ3) is 7.98. The van der Waals surface area contributed by atoms with Gasteiger partial charge in [-0.25, -0.2) is 13.2 Å². The highest BCUT2D eigenvalue weighted by Gasteiger charge is 2.50. The third-order valence-electron chi connectivity index (χ3n) is 8.18. The molecule has 4 N–H and O–H groups in total. The Hall–Kier alpha value is -3.59. The van der Waals surface area contributed by atoms with Gasteiger partial charge in [0.1, 0.15) is 29.3 Å². The van der Waals surface area contributed by atoms with Gasteiger partial charge >= 0.3 is 12.2 Å². The van der Waals surface area contributed by atoms with Crippen molar-refractivity contribution in [2.75, 3.05) is 6.54 Å². The minimum absolute atomic E-state index is 0.0414. The molecule has 6 atom stereocenters. The van der Waals surface area contributed by atoms with E-state index in [1.807, 2.05) is 6.92 Å². The number of carbonyl (C=O) groups is 4. The van der Waals surface area contributed by atoms with E-state index in [0.29, 0.717) is 35.4 Å². The maximum absolute atomic E-state index is 14.0. The molecule has 4 amide bonds. The SMILES string of the molecule is CC(C[C@H](NC(=O)OC(C)(C)C)C(=O)N1C[C@H](Oc2nc3cc(Cl)ccc3o2)C[C@H]1C(N)=O)[C@@H]1C[C@@H]1C(=O)NS(=O)(=O)C1CC1. The molecule has 5 rings (SSSR count). The Bertz CT molecular complexity index is 1600. The number of primary amides is 1. The summed E-state index contributed by atoms with van der Waals surface area (Å²) in [7, 11) is -3.68. The van der Waals surface area contributed by atoms with Crippen LogP contribution in [0.2, 0.25) is 5.02 Å². The lowest BCUT2D eigenvalue weighted by Gasteiger charge is -2.30. The molecule has 14 nitrogen and oxygen atoms in total. The Morgan fingerprint density at radius 1 is 1.20 bits per heavy atom. The smallest absolute Gasteiger partial charge is 0.408 e. The average Bonchev–Trinajstić information content (AvgIpc) is 3.84. The fourth-order valence-corrected chi connectivity index (χ4v) is 7.23. The maximum atomic E-state index is 14.0. The first kappa shape index (κ1) is 32.8. The molecule has 3 fully saturated rings. The monoisotopic (exact) mass is 667 g/mol. The second kappa shape index (κ2) is 12.3. The molecule has 2 aromatic rings. The zero-order valence-corrected chi connectivity index (χ0v) is 27.0. The zero-order valence-electron chi connectivity index (χ0n) is 25.4. The van der Waals surface area contributed by atoms with E-state index >= 15 is 0 Å². The van der Waals surface area contributed by atoms with Crippen LogP contribution in [0.5, 0.6) is 6.08 Å². The predicted molar refractivity (Wildman–Crippen MR) is 161 cm³/mol. The number of carbonyl (C=O) groups excluding carboxylic acids is 4. The number of alkyl carbamates (subject to hydrolysis) is 1. The summed E-state index contributed by atoms with van der Waals surface area (Å²) in [6.45, 7) is 6.83. The molecule has 0 radical (unpaired) electrons. The Morgan fingerprint density at radius 3 is 2.56 bits per heavy atom. The molecule has 2 aliphatic carbocycles. The average molecular weight is 668 g/mol. The summed E-state index contributed by atoms with van der Waals surface area (Å²) in [5, 5.41) is 2.57. The summed E-state index contributed by atoms with van der Waals surface area (Å²) in [5.74, 6) is -2.90. The quantitative estimate of drug-likeness (QED) is 0.320. The minimum atomic E-state index is -3.68. The van der Waals surface area contributed by atoms with Gasteiger partial charge in [-0.3, -0.25) is 19.1 Å². The number of aromatic nitrogens is 1. The first-order chi connectivity index (χ1) is 21.0. The highest BCUT2D eigenvalue weighted by Crippen LogP contribution is 2.46. The van der Waals surface area contributed by atoms with Crippen molar-refractivity contribution in [3.63, 3.8) is 0 Å². The van der Waals surface area contributed by atoms with E-state index in [9.17, 15) is 27.6 Å². The number of benzene rings is 1. The van der Waals surface area contributed by atoms with Crippen molar-refractivity contribution >= 4 is 56.5 Å². The van der Waals surface area contributed by atoms with Crippen molar-refractivity contribution < 1.29 is 41.5 Å². The van der Waals surface area contributed by atoms with Gasteiger partial charge in [-0.2, -0.15) is 4.98 Å². The van der Waals surface area contributed by atoms with Crippen LogP contribution in [0.15, 0.2) is 22.6 Å². The van der Waals surface area contributed by atoms with Crippen LogP contribution < -0.4 is 20.5 Å². The highest BCUT2D eigenvalue weighted by atomic mass is 35.5. The van der Waals surface area contributed by atoms with Crippen LogP contribution in [-0.2, 0) is 29.1 Å². The van der Waals surface area contributed by atoms with Gasteiger partial charge < -0.3 is 29.8 Å². The number of fused-ring (bicyclic) bond motifs is 1. The first-order valence-corrected chi connectivity index (χ1v) is 16.8. The van der Waals surface area contributed by atoms with E-state index in [4.69, 9.17) is 31.2 Å². The number of sulfonamides is 1. The Balaban J connectivity index is 1.28. The summed E-state index contributed by atoms with van der Waals surface area (Å²) < 4.78 is 43.6. The molecule has 2 heterocycles. The molecule has 16 heteroatoms. The summed E-state index contributed by atoms with van der Waals surface area (Å²) in [6.07, 6.45) is 0.0861.